The number of unbranched alkanes of at least 4 members (excludes halogenated alkanes) is 18. The van der Waals surface area contributed by atoms with Gasteiger partial charge in [-0.15, -0.1) is 0 Å². The fourth-order valence-corrected chi connectivity index (χ4v) is 4.08. The van der Waals surface area contributed by atoms with Crippen LogP contribution in [0.5, 0.6) is 0 Å². The summed E-state index contributed by atoms with van der Waals surface area (Å²) in [6.45, 7) is 6.34. The molecule has 0 atom stereocenters. The standard InChI is InChI=1S/C25H51NOS.CH3NOS.K.H/c1-3-5-7-9-11-13-15-17-19-21-23-26(25(27)28)24-22-20-18-16-14-12-10-8-6-4-2;2-1(3)4;;/h3-24H2,1-2H3,(H,27,28);(H3,2,3,4);;/q;;+1;-1. The summed E-state index contributed by atoms with van der Waals surface area (Å²) in [4.78, 5) is 22.8. The molecule has 33 heavy (non-hydrogen) atoms. The third-order valence-corrected chi connectivity index (χ3v) is 6.12. The number of hydrogen-bond donors (Lipinski definition) is 3. The quantitative estimate of drug-likeness (QED) is 0.0875. The van der Waals surface area contributed by atoms with E-state index in [-0.39, 0.29) is 58.1 Å². The monoisotopic (exact) mass is 530 g/mol. The second-order valence-electron chi connectivity index (χ2n) is 8.97. The summed E-state index contributed by atoms with van der Waals surface area (Å²) in [5.74, 6) is 0. The van der Waals surface area contributed by atoms with Gasteiger partial charge < -0.3 is 12.1 Å². The summed E-state index contributed by atoms with van der Waals surface area (Å²) in [5, 5.41) is -0.674. The summed E-state index contributed by atoms with van der Waals surface area (Å²) >= 11 is 7.18. The maximum Gasteiger partial charge on any atom is 1.00 e. The Morgan fingerprint density at radius 2 is 0.788 bits per heavy atom. The first-order chi connectivity index (χ1) is 15.5. The normalized spacial score (nSPS) is 10.2. The van der Waals surface area contributed by atoms with Crippen LogP contribution < -0.4 is 57.1 Å². The molecule has 0 aromatic heterocycles. The Bertz CT molecular complexity index is 394. The molecule has 2 N–H and O–H groups in total. The molecule has 4 nitrogen and oxygen atoms in total. The van der Waals surface area contributed by atoms with Gasteiger partial charge in [-0.05, 0) is 12.8 Å². The number of carbonyl (C=O) groups excluding carboxylic acids is 2. The van der Waals surface area contributed by atoms with Gasteiger partial charge in [0.1, 0.15) is 0 Å². The van der Waals surface area contributed by atoms with Crippen molar-refractivity contribution in [3.8, 4) is 0 Å². The van der Waals surface area contributed by atoms with Crippen molar-refractivity contribution < 1.29 is 62.4 Å². The van der Waals surface area contributed by atoms with Gasteiger partial charge in [-0.3, -0.25) is 9.59 Å². The van der Waals surface area contributed by atoms with E-state index in [4.69, 9.17) is 4.79 Å². The molecule has 2 amide bonds. The summed E-state index contributed by atoms with van der Waals surface area (Å²) < 4.78 is 0. The Balaban J connectivity index is -0.000000690. The van der Waals surface area contributed by atoms with Crippen LogP contribution in [0.4, 0.5) is 9.59 Å². The zero-order valence-corrected chi connectivity index (χ0v) is 27.2. The number of carbonyl (C=O) groups is 2. The van der Waals surface area contributed by atoms with Crippen molar-refractivity contribution in [2.24, 2.45) is 5.73 Å². The number of thiol groups is 2. The Hall–Kier alpha value is 1.28. The molecule has 0 saturated carbocycles. The van der Waals surface area contributed by atoms with Crippen molar-refractivity contribution in [1.82, 2.24) is 4.90 Å². The van der Waals surface area contributed by atoms with Crippen LogP contribution in [-0.2, 0) is 0 Å². The molecule has 0 saturated heterocycles. The average Bonchev–Trinajstić information content (AvgIpc) is 2.74. The fourth-order valence-electron chi connectivity index (χ4n) is 3.88. The minimum absolute atomic E-state index is 0. The molecule has 0 heterocycles. The average molecular weight is 531 g/mol. The summed E-state index contributed by atoms with van der Waals surface area (Å²) in [5.41, 5.74) is 4.34. The molecule has 0 aliphatic rings. The molecule has 194 valence electrons. The first kappa shape index (κ1) is 38.8. The number of nitrogens with zero attached hydrogens (tertiary/aromatic N) is 1. The maximum atomic E-state index is 11.7. The van der Waals surface area contributed by atoms with Gasteiger partial charge in [-0.1, -0.05) is 155 Å². The molecular weight excluding hydrogens is 476 g/mol. The molecular formula is C26H55KN2O2S2. The van der Waals surface area contributed by atoms with Crippen molar-refractivity contribution in [3.63, 3.8) is 0 Å². The molecule has 0 aliphatic carbocycles. The third-order valence-electron chi connectivity index (χ3n) is 5.83. The first-order valence-corrected chi connectivity index (χ1v) is 14.3. The largest absolute Gasteiger partial charge is 1.00 e. The van der Waals surface area contributed by atoms with Crippen molar-refractivity contribution in [2.75, 3.05) is 13.1 Å². The summed E-state index contributed by atoms with van der Waals surface area (Å²) in [7, 11) is 0. The van der Waals surface area contributed by atoms with Crippen LogP contribution in [-0.4, -0.2) is 28.5 Å². The number of rotatable bonds is 22. The van der Waals surface area contributed by atoms with Gasteiger partial charge in [0.25, 0.3) is 10.5 Å². The molecule has 0 bridgehead atoms. The van der Waals surface area contributed by atoms with Crippen molar-refractivity contribution in [1.29, 1.82) is 0 Å². The number of hydrogen-bond acceptors (Lipinski definition) is 2. The van der Waals surface area contributed by atoms with E-state index in [0.29, 0.717) is 0 Å². The molecule has 7 heteroatoms. The van der Waals surface area contributed by atoms with E-state index in [9.17, 15) is 4.79 Å². The minimum atomic E-state index is -0.639. The Kier molecular flexibility index (Phi) is 39.1. The van der Waals surface area contributed by atoms with E-state index in [1.807, 2.05) is 4.90 Å². The van der Waals surface area contributed by atoms with E-state index in [2.05, 4.69) is 44.8 Å². The van der Waals surface area contributed by atoms with Gasteiger partial charge in [0.2, 0.25) is 0 Å². The van der Waals surface area contributed by atoms with Gasteiger partial charge in [0, 0.05) is 13.1 Å². The van der Waals surface area contributed by atoms with Crippen LogP contribution in [0.15, 0.2) is 0 Å². The van der Waals surface area contributed by atoms with E-state index < -0.39 is 5.24 Å². The number of primary amides is 1. The Labute approximate surface area is 261 Å². The summed E-state index contributed by atoms with van der Waals surface area (Å²) in [6, 6.07) is 0. The first-order valence-electron chi connectivity index (χ1n) is 13.4. The molecule has 0 unspecified atom stereocenters. The van der Waals surface area contributed by atoms with Crippen molar-refractivity contribution in [3.05, 3.63) is 0 Å². The molecule has 0 aromatic rings. The second-order valence-corrected chi connectivity index (χ2v) is 9.80. The van der Waals surface area contributed by atoms with Gasteiger partial charge >= 0.3 is 51.4 Å². The van der Waals surface area contributed by atoms with Crippen LogP contribution in [0.3, 0.4) is 0 Å². The molecule has 0 rings (SSSR count). The van der Waals surface area contributed by atoms with Crippen molar-refractivity contribution >= 4 is 35.7 Å². The molecule has 0 radical (unpaired) electrons. The zero-order valence-electron chi connectivity index (χ0n) is 23.3. The Morgan fingerprint density at radius 1 is 0.576 bits per heavy atom. The van der Waals surface area contributed by atoms with Crippen LogP contribution in [0, 0.1) is 0 Å². The number of nitrogens with two attached hydrogens (primary N) is 1. The van der Waals surface area contributed by atoms with E-state index in [1.54, 1.807) is 0 Å². The van der Waals surface area contributed by atoms with E-state index >= 15 is 0 Å². The van der Waals surface area contributed by atoms with Crippen LogP contribution in [0.25, 0.3) is 0 Å². The second kappa shape index (κ2) is 33.3. The topological polar surface area (TPSA) is 63.4 Å². The Morgan fingerprint density at radius 3 is 1.00 bits per heavy atom. The summed E-state index contributed by atoms with van der Waals surface area (Å²) in [6.07, 6.45) is 26.8. The predicted molar refractivity (Wildman–Crippen MR) is 149 cm³/mol. The molecule has 0 fully saturated rings. The molecule has 0 aromatic carbocycles. The minimum Gasteiger partial charge on any atom is -1.00 e. The maximum absolute atomic E-state index is 11.7. The number of amides is 2. The zero-order chi connectivity index (χ0) is 24.3. The van der Waals surface area contributed by atoms with E-state index in [0.717, 1.165) is 25.9 Å². The fraction of sp³-hybridized carbons (Fsp3) is 0.923. The van der Waals surface area contributed by atoms with Crippen LogP contribution >= 0.6 is 25.3 Å². The van der Waals surface area contributed by atoms with Gasteiger partial charge in [0.05, 0.1) is 0 Å². The van der Waals surface area contributed by atoms with Gasteiger partial charge in [-0.2, -0.15) is 0 Å². The predicted octanol–water partition coefficient (Wildman–Crippen LogP) is 6.29. The van der Waals surface area contributed by atoms with Gasteiger partial charge in [0.15, 0.2) is 0 Å². The third kappa shape index (κ3) is 38.0. The SMILES string of the molecule is CCCCCCCCCCCCN(CCCCCCCCCCCC)C(=O)S.NC(=O)S.[H-].[K+]. The molecule has 0 spiro atoms. The van der Waals surface area contributed by atoms with E-state index in [1.165, 1.54) is 116 Å². The molecule has 0 aliphatic heterocycles. The van der Waals surface area contributed by atoms with Crippen molar-refractivity contribution in [2.45, 2.75) is 142 Å². The smallest absolute Gasteiger partial charge is 1.00 e. The van der Waals surface area contributed by atoms with Crippen LogP contribution in [0.2, 0.25) is 0 Å². The van der Waals surface area contributed by atoms with Crippen LogP contribution in [0.1, 0.15) is 144 Å². The van der Waals surface area contributed by atoms with Gasteiger partial charge in [-0.25, -0.2) is 0 Å².